The van der Waals surface area contributed by atoms with Gasteiger partial charge in [-0.05, 0) is 31.4 Å². The van der Waals surface area contributed by atoms with Gasteiger partial charge in [0.15, 0.2) is 10.9 Å². The van der Waals surface area contributed by atoms with Gasteiger partial charge in [0.25, 0.3) is 5.91 Å². The minimum absolute atomic E-state index is 0.00687. The molecule has 2 aliphatic rings. The molecule has 2 fully saturated rings. The van der Waals surface area contributed by atoms with E-state index in [4.69, 9.17) is 14.1 Å². The Balaban J connectivity index is 1.42. The molecule has 2 saturated heterocycles. The molecule has 4 heterocycles. The SMILES string of the molecule is CCc1cc(N2CCOCC2)nc(SCc2ccc(C(=O)N3CCCC3)o2)n1. The summed E-state index contributed by atoms with van der Waals surface area (Å²) in [6, 6.07) is 5.72. The van der Waals surface area contributed by atoms with Crippen molar-refractivity contribution >= 4 is 23.5 Å². The predicted octanol–water partition coefficient (Wildman–Crippen LogP) is 3.00. The van der Waals surface area contributed by atoms with E-state index in [-0.39, 0.29) is 5.91 Å². The van der Waals surface area contributed by atoms with Gasteiger partial charge in [-0.3, -0.25) is 4.79 Å². The molecule has 7 nitrogen and oxygen atoms in total. The van der Waals surface area contributed by atoms with Crippen molar-refractivity contribution in [2.45, 2.75) is 37.1 Å². The summed E-state index contributed by atoms with van der Waals surface area (Å²) in [5.74, 6) is 2.75. The number of nitrogens with zero attached hydrogens (tertiary/aromatic N) is 4. The second-order valence-corrected chi connectivity index (χ2v) is 7.95. The number of ether oxygens (including phenoxy) is 1. The van der Waals surface area contributed by atoms with Gasteiger partial charge in [-0.2, -0.15) is 0 Å². The van der Waals surface area contributed by atoms with Crippen LogP contribution in [-0.2, 0) is 16.9 Å². The van der Waals surface area contributed by atoms with Crippen LogP contribution in [0.4, 0.5) is 5.82 Å². The number of anilines is 1. The quantitative estimate of drug-likeness (QED) is 0.543. The van der Waals surface area contributed by atoms with Crippen molar-refractivity contribution in [3.8, 4) is 0 Å². The second kappa shape index (κ2) is 8.96. The molecule has 0 saturated carbocycles. The molecule has 0 unspecified atom stereocenters. The van der Waals surface area contributed by atoms with Gasteiger partial charge in [0.2, 0.25) is 0 Å². The summed E-state index contributed by atoms with van der Waals surface area (Å²) in [4.78, 5) is 25.9. The van der Waals surface area contributed by atoms with E-state index in [0.29, 0.717) is 11.5 Å². The Labute approximate surface area is 169 Å². The van der Waals surface area contributed by atoms with Crippen LogP contribution in [0.3, 0.4) is 0 Å². The molecule has 0 spiro atoms. The molecule has 28 heavy (non-hydrogen) atoms. The first kappa shape index (κ1) is 19.3. The average Bonchev–Trinajstić information content (AvgIpc) is 3.44. The van der Waals surface area contributed by atoms with Crippen LogP contribution < -0.4 is 4.90 Å². The monoisotopic (exact) mass is 402 g/mol. The average molecular weight is 403 g/mol. The Morgan fingerprint density at radius 2 is 1.93 bits per heavy atom. The van der Waals surface area contributed by atoms with Crippen LogP contribution in [0.5, 0.6) is 0 Å². The lowest BCUT2D eigenvalue weighted by molar-refractivity contribution is 0.0760. The van der Waals surface area contributed by atoms with E-state index < -0.39 is 0 Å². The topological polar surface area (TPSA) is 71.7 Å². The molecule has 0 radical (unpaired) electrons. The molecule has 2 aromatic rings. The molecule has 0 aromatic carbocycles. The van der Waals surface area contributed by atoms with Gasteiger partial charge in [-0.15, -0.1) is 0 Å². The minimum Gasteiger partial charge on any atom is -0.455 e. The van der Waals surface area contributed by atoms with Crippen LogP contribution in [0.15, 0.2) is 27.8 Å². The highest BCUT2D eigenvalue weighted by Gasteiger charge is 2.22. The lowest BCUT2D eigenvalue weighted by atomic mass is 10.3. The Bertz CT molecular complexity index is 814. The summed E-state index contributed by atoms with van der Waals surface area (Å²) in [7, 11) is 0. The Morgan fingerprint density at radius 1 is 1.14 bits per heavy atom. The highest BCUT2D eigenvalue weighted by Crippen LogP contribution is 2.25. The number of rotatable bonds is 6. The third-order valence-electron chi connectivity index (χ3n) is 5.05. The van der Waals surface area contributed by atoms with E-state index in [1.54, 1.807) is 6.07 Å². The van der Waals surface area contributed by atoms with E-state index >= 15 is 0 Å². The van der Waals surface area contributed by atoms with Gasteiger partial charge in [0.05, 0.1) is 19.0 Å². The number of aryl methyl sites for hydroxylation is 1. The van der Waals surface area contributed by atoms with Gasteiger partial charge in [-0.1, -0.05) is 18.7 Å². The van der Waals surface area contributed by atoms with Crippen LogP contribution in [0.2, 0.25) is 0 Å². The predicted molar refractivity (Wildman–Crippen MR) is 108 cm³/mol. The molecular formula is C20H26N4O3S. The molecule has 0 aliphatic carbocycles. The molecule has 0 atom stereocenters. The number of carbonyl (C=O) groups excluding carboxylic acids is 1. The third kappa shape index (κ3) is 4.50. The second-order valence-electron chi connectivity index (χ2n) is 7.01. The van der Waals surface area contributed by atoms with E-state index in [1.807, 2.05) is 11.0 Å². The van der Waals surface area contributed by atoms with Crippen LogP contribution in [-0.4, -0.2) is 60.2 Å². The van der Waals surface area contributed by atoms with Crippen LogP contribution in [0, 0.1) is 0 Å². The fraction of sp³-hybridized carbons (Fsp3) is 0.550. The van der Waals surface area contributed by atoms with Crippen molar-refractivity contribution < 1.29 is 13.9 Å². The molecule has 150 valence electrons. The zero-order valence-corrected chi connectivity index (χ0v) is 17.0. The molecule has 0 N–H and O–H groups in total. The number of hydrogen-bond donors (Lipinski definition) is 0. The number of likely N-dealkylation sites (tertiary alicyclic amines) is 1. The van der Waals surface area contributed by atoms with E-state index in [9.17, 15) is 4.79 Å². The molecule has 1 amide bonds. The first-order valence-electron chi connectivity index (χ1n) is 9.94. The van der Waals surface area contributed by atoms with Crippen LogP contribution in [0.25, 0.3) is 0 Å². The van der Waals surface area contributed by atoms with Gasteiger partial charge < -0.3 is 19.0 Å². The third-order valence-corrected chi connectivity index (χ3v) is 5.92. The standard InChI is InChI=1S/C20H26N4O3S/c1-2-15-13-18(23-9-11-26-12-10-23)22-20(21-15)28-14-16-5-6-17(27-16)19(25)24-7-3-4-8-24/h5-6,13H,2-4,7-12,14H2,1H3. The van der Waals surface area contributed by atoms with Crippen molar-refractivity contribution in [2.75, 3.05) is 44.3 Å². The van der Waals surface area contributed by atoms with E-state index in [1.165, 1.54) is 11.8 Å². The first-order chi connectivity index (χ1) is 13.7. The number of thioether (sulfide) groups is 1. The molecular weight excluding hydrogens is 376 g/mol. The van der Waals surface area contributed by atoms with Gasteiger partial charge in [0.1, 0.15) is 11.6 Å². The summed E-state index contributed by atoms with van der Waals surface area (Å²) in [5.41, 5.74) is 1.03. The van der Waals surface area contributed by atoms with Crippen molar-refractivity contribution in [2.24, 2.45) is 0 Å². The van der Waals surface area contributed by atoms with Gasteiger partial charge in [-0.25, -0.2) is 9.97 Å². The number of aromatic nitrogens is 2. The number of furan rings is 1. The fourth-order valence-corrected chi connectivity index (χ4v) is 4.21. The van der Waals surface area contributed by atoms with Crippen molar-refractivity contribution in [1.29, 1.82) is 0 Å². The molecule has 4 rings (SSSR count). The summed E-state index contributed by atoms with van der Waals surface area (Å²) < 4.78 is 11.2. The Kier molecular flexibility index (Phi) is 6.17. The lowest BCUT2D eigenvalue weighted by Crippen LogP contribution is -2.37. The maximum Gasteiger partial charge on any atom is 0.289 e. The van der Waals surface area contributed by atoms with Gasteiger partial charge in [0, 0.05) is 37.9 Å². The normalized spacial score (nSPS) is 17.3. The first-order valence-corrected chi connectivity index (χ1v) is 10.9. The van der Waals surface area contributed by atoms with Gasteiger partial charge >= 0.3 is 0 Å². The highest BCUT2D eigenvalue weighted by atomic mass is 32.2. The number of amides is 1. The molecule has 2 aromatic heterocycles. The zero-order chi connectivity index (χ0) is 19.3. The van der Waals surface area contributed by atoms with Crippen molar-refractivity contribution in [3.63, 3.8) is 0 Å². The van der Waals surface area contributed by atoms with E-state index in [0.717, 1.165) is 81.1 Å². The fourth-order valence-electron chi connectivity index (χ4n) is 3.44. The molecule has 2 aliphatic heterocycles. The highest BCUT2D eigenvalue weighted by molar-refractivity contribution is 7.98. The minimum atomic E-state index is -0.00687. The summed E-state index contributed by atoms with van der Waals surface area (Å²) in [5, 5.41) is 0.740. The number of hydrogen-bond acceptors (Lipinski definition) is 7. The number of morpholine rings is 1. The van der Waals surface area contributed by atoms with Crippen molar-refractivity contribution in [3.05, 3.63) is 35.4 Å². The Morgan fingerprint density at radius 3 is 2.68 bits per heavy atom. The smallest absolute Gasteiger partial charge is 0.289 e. The largest absolute Gasteiger partial charge is 0.455 e. The molecule has 0 bridgehead atoms. The van der Waals surface area contributed by atoms with Crippen LogP contribution in [0.1, 0.15) is 41.8 Å². The molecule has 8 heteroatoms. The van der Waals surface area contributed by atoms with Crippen molar-refractivity contribution in [1.82, 2.24) is 14.9 Å². The maximum atomic E-state index is 12.4. The summed E-state index contributed by atoms with van der Waals surface area (Å²) in [6.07, 6.45) is 3.01. The maximum absolute atomic E-state index is 12.4. The summed E-state index contributed by atoms with van der Waals surface area (Å²) in [6.45, 7) is 6.91. The lowest BCUT2D eigenvalue weighted by Gasteiger charge is -2.28. The Hall–Kier alpha value is -2.06. The zero-order valence-electron chi connectivity index (χ0n) is 16.2. The summed E-state index contributed by atoms with van der Waals surface area (Å²) >= 11 is 1.54. The number of carbonyl (C=O) groups is 1. The van der Waals surface area contributed by atoms with Crippen LogP contribution >= 0.6 is 11.8 Å². The van der Waals surface area contributed by atoms with E-state index in [2.05, 4.69) is 22.9 Å².